The molecule has 1 aliphatic heterocycles. The zero-order valence-electron chi connectivity index (χ0n) is 15.8. The van der Waals surface area contributed by atoms with Gasteiger partial charge in [0.25, 0.3) is 0 Å². The molecule has 3 atom stereocenters. The lowest BCUT2D eigenvalue weighted by atomic mass is 9.44. The molecule has 1 aromatic rings. The summed E-state index contributed by atoms with van der Waals surface area (Å²) in [4.78, 5) is 2.57. The smallest absolute Gasteiger partial charge is 0.138 e. The van der Waals surface area contributed by atoms with E-state index in [4.69, 9.17) is 0 Å². The Morgan fingerprint density at radius 2 is 2.12 bits per heavy atom. The third kappa shape index (κ3) is 2.21. The van der Waals surface area contributed by atoms with Gasteiger partial charge in [-0.2, -0.15) is 0 Å². The third-order valence-corrected chi connectivity index (χ3v) is 7.43. The summed E-state index contributed by atoms with van der Waals surface area (Å²) in [6, 6.07) is 4.86. The molecule has 3 aliphatic rings. The Kier molecular flexibility index (Phi) is 4.10. The standard InChI is InChI=1S/C22H32N2O/c1-4-11-23-18-13-16-14-20-21(5-2)8-6-7-9-22(21,10-12-24(20)3)17(16)15-19(18)25/h5,13,15,20,23,25H,2,4,6-12,14H2,1,3H3/t20-,21+,22+/m0/s1. The Hall–Kier alpha value is -1.48. The number of likely N-dealkylation sites (N-methyl/N-ethyl adjacent to an activating group) is 1. The van der Waals surface area contributed by atoms with E-state index in [0.717, 1.165) is 31.6 Å². The van der Waals surface area contributed by atoms with E-state index in [9.17, 15) is 5.11 Å². The average molecular weight is 341 g/mol. The number of hydrogen-bond acceptors (Lipinski definition) is 3. The van der Waals surface area contributed by atoms with Crippen LogP contribution in [0.1, 0.15) is 56.6 Å². The van der Waals surface area contributed by atoms with Crippen molar-refractivity contribution in [1.82, 2.24) is 4.90 Å². The van der Waals surface area contributed by atoms with Crippen LogP contribution in [0.25, 0.3) is 0 Å². The van der Waals surface area contributed by atoms with Crippen molar-refractivity contribution in [3.63, 3.8) is 0 Å². The maximum Gasteiger partial charge on any atom is 0.138 e. The lowest BCUT2D eigenvalue weighted by Crippen LogP contribution is -2.66. The average Bonchev–Trinajstić information content (AvgIpc) is 2.63. The Morgan fingerprint density at radius 1 is 1.32 bits per heavy atom. The normalized spacial score (nSPS) is 34.1. The largest absolute Gasteiger partial charge is 0.506 e. The zero-order chi connectivity index (χ0) is 17.7. The van der Waals surface area contributed by atoms with Crippen LogP contribution in [-0.4, -0.2) is 36.2 Å². The van der Waals surface area contributed by atoms with Crippen LogP contribution in [0.3, 0.4) is 0 Å². The number of benzene rings is 1. The number of hydrogen-bond donors (Lipinski definition) is 2. The quantitative estimate of drug-likeness (QED) is 0.627. The summed E-state index contributed by atoms with van der Waals surface area (Å²) in [6.07, 6.45) is 10.7. The molecule has 0 unspecified atom stereocenters. The minimum Gasteiger partial charge on any atom is -0.506 e. The molecule has 0 radical (unpaired) electrons. The van der Waals surface area contributed by atoms with Crippen molar-refractivity contribution in [2.75, 3.05) is 25.5 Å². The Bertz CT molecular complexity index is 685. The van der Waals surface area contributed by atoms with Crippen LogP contribution in [0.5, 0.6) is 5.75 Å². The van der Waals surface area contributed by atoms with Crippen molar-refractivity contribution in [3.8, 4) is 5.75 Å². The highest BCUT2D eigenvalue weighted by atomic mass is 16.3. The topological polar surface area (TPSA) is 35.5 Å². The predicted octanol–water partition coefficient (Wildman–Crippen LogP) is 4.46. The van der Waals surface area contributed by atoms with Gasteiger partial charge >= 0.3 is 0 Å². The number of phenols is 1. The number of piperidine rings is 1. The lowest BCUT2D eigenvalue weighted by Gasteiger charge is -2.65. The molecule has 0 spiro atoms. The fraction of sp³-hybridized carbons (Fsp3) is 0.636. The molecule has 0 aromatic heterocycles. The lowest BCUT2D eigenvalue weighted by molar-refractivity contribution is -0.0523. The molecule has 1 saturated carbocycles. The number of anilines is 1. The summed E-state index contributed by atoms with van der Waals surface area (Å²) < 4.78 is 0. The summed E-state index contributed by atoms with van der Waals surface area (Å²) in [5.41, 5.74) is 4.08. The van der Waals surface area contributed by atoms with Gasteiger partial charge in [-0.3, -0.25) is 0 Å². The number of aromatic hydroxyl groups is 1. The van der Waals surface area contributed by atoms with E-state index in [-0.39, 0.29) is 10.8 Å². The second kappa shape index (κ2) is 6.05. The van der Waals surface area contributed by atoms with Crippen LogP contribution < -0.4 is 5.32 Å². The van der Waals surface area contributed by atoms with E-state index in [1.807, 2.05) is 0 Å². The highest BCUT2D eigenvalue weighted by Crippen LogP contribution is 2.64. The van der Waals surface area contributed by atoms with E-state index in [1.165, 1.54) is 43.2 Å². The van der Waals surface area contributed by atoms with Crippen LogP contribution in [0, 0.1) is 5.41 Å². The molecule has 1 saturated heterocycles. The van der Waals surface area contributed by atoms with Crippen LogP contribution in [0.2, 0.25) is 0 Å². The second-order valence-electron chi connectivity index (χ2n) is 8.44. The van der Waals surface area contributed by atoms with Gasteiger partial charge in [-0.1, -0.05) is 25.8 Å². The van der Waals surface area contributed by atoms with Gasteiger partial charge in [0, 0.05) is 23.4 Å². The highest BCUT2D eigenvalue weighted by Gasteiger charge is 2.61. The number of nitrogens with one attached hydrogen (secondary N) is 1. The molecule has 3 heteroatoms. The number of likely N-dealkylation sites (tertiary alicyclic amines) is 1. The van der Waals surface area contributed by atoms with Crippen molar-refractivity contribution in [3.05, 3.63) is 35.9 Å². The summed E-state index contributed by atoms with van der Waals surface area (Å²) in [6.45, 7) is 8.53. The molecule has 3 nitrogen and oxygen atoms in total. The first-order valence-corrected chi connectivity index (χ1v) is 10.0. The molecule has 2 N–H and O–H groups in total. The highest BCUT2D eigenvalue weighted by molar-refractivity contribution is 5.63. The van der Waals surface area contributed by atoms with Gasteiger partial charge in [0.2, 0.25) is 0 Å². The van der Waals surface area contributed by atoms with Gasteiger partial charge in [-0.15, -0.1) is 6.58 Å². The number of nitrogens with zero attached hydrogens (tertiary/aromatic N) is 1. The molecular weight excluding hydrogens is 308 g/mol. The molecule has 4 rings (SSSR count). The van der Waals surface area contributed by atoms with Crippen molar-refractivity contribution in [2.24, 2.45) is 5.41 Å². The van der Waals surface area contributed by atoms with Crippen LogP contribution in [-0.2, 0) is 11.8 Å². The van der Waals surface area contributed by atoms with Crippen LogP contribution in [0.15, 0.2) is 24.8 Å². The first kappa shape index (κ1) is 17.0. The predicted molar refractivity (Wildman–Crippen MR) is 104 cm³/mol. The monoisotopic (exact) mass is 340 g/mol. The summed E-state index contributed by atoms with van der Waals surface area (Å²) in [7, 11) is 2.29. The van der Waals surface area contributed by atoms with E-state index in [0.29, 0.717) is 11.8 Å². The molecule has 2 bridgehead atoms. The molecule has 25 heavy (non-hydrogen) atoms. The first-order valence-electron chi connectivity index (χ1n) is 10.0. The number of phenolic OH excluding ortho intramolecular Hbond substituents is 1. The third-order valence-electron chi connectivity index (χ3n) is 7.43. The minimum absolute atomic E-state index is 0.163. The van der Waals surface area contributed by atoms with Crippen molar-refractivity contribution < 1.29 is 5.11 Å². The molecule has 0 amide bonds. The van der Waals surface area contributed by atoms with Gasteiger partial charge in [-0.05, 0) is 69.0 Å². The SMILES string of the molecule is C=C[C@]12CCCC[C@]13CCN(C)[C@H]2Cc1cc(NCCC)c(O)cc13. The Balaban J connectivity index is 1.88. The number of rotatable bonds is 4. The van der Waals surface area contributed by atoms with Crippen molar-refractivity contribution >= 4 is 5.69 Å². The zero-order valence-corrected chi connectivity index (χ0v) is 15.8. The molecular formula is C22H32N2O. The van der Waals surface area contributed by atoms with Crippen molar-refractivity contribution in [2.45, 2.75) is 63.3 Å². The van der Waals surface area contributed by atoms with Crippen molar-refractivity contribution in [1.29, 1.82) is 0 Å². The fourth-order valence-electron chi connectivity index (χ4n) is 6.22. The first-order chi connectivity index (χ1) is 12.1. The molecule has 2 aliphatic carbocycles. The molecule has 2 fully saturated rings. The molecule has 1 aromatic carbocycles. The van der Waals surface area contributed by atoms with Gasteiger partial charge in [-0.25, -0.2) is 0 Å². The van der Waals surface area contributed by atoms with Crippen LogP contribution in [0.4, 0.5) is 5.69 Å². The van der Waals surface area contributed by atoms with Gasteiger partial charge in [0.05, 0.1) is 5.69 Å². The van der Waals surface area contributed by atoms with E-state index in [1.54, 1.807) is 0 Å². The minimum atomic E-state index is 0.163. The maximum atomic E-state index is 10.7. The van der Waals surface area contributed by atoms with Crippen LogP contribution >= 0.6 is 0 Å². The van der Waals surface area contributed by atoms with E-state index >= 15 is 0 Å². The summed E-state index contributed by atoms with van der Waals surface area (Å²) in [5, 5.41) is 14.1. The van der Waals surface area contributed by atoms with E-state index in [2.05, 4.69) is 49.0 Å². The Labute approximate surface area is 152 Å². The van der Waals surface area contributed by atoms with E-state index < -0.39 is 0 Å². The Morgan fingerprint density at radius 3 is 2.88 bits per heavy atom. The fourth-order valence-corrected chi connectivity index (χ4v) is 6.22. The number of fused-ring (bicyclic) bond motifs is 1. The maximum absolute atomic E-state index is 10.7. The molecule has 1 heterocycles. The van der Waals surface area contributed by atoms with Gasteiger partial charge in [0.1, 0.15) is 5.75 Å². The van der Waals surface area contributed by atoms with Gasteiger partial charge in [0.15, 0.2) is 0 Å². The summed E-state index contributed by atoms with van der Waals surface area (Å²) in [5.74, 6) is 0.419. The molecule has 136 valence electrons. The summed E-state index contributed by atoms with van der Waals surface area (Å²) >= 11 is 0. The van der Waals surface area contributed by atoms with Gasteiger partial charge < -0.3 is 15.3 Å². The second-order valence-corrected chi connectivity index (χ2v) is 8.44.